The van der Waals surface area contributed by atoms with Gasteiger partial charge in [-0.1, -0.05) is 13.8 Å². The molecule has 0 aliphatic rings. The first-order valence-electron chi connectivity index (χ1n) is 5.59. The first-order chi connectivity index (χ1) is 7.52. The van der Waals surface area contributed by atoms with Gasteiger partial charge in [-0.25, -0.2) is 0 Å². The highest BCUT2D eigenvalue weighted by atomic mass is 16.5. The molecule has 0 atom stereocenters. The van der Waals surface area contributed by atoms with Crippen LogP contribution >= 0.6 is 0 Å². The minimum absolute atomic E-state index is 0.0198. The van der Waals surface area contributed by atoms with Crippen molar-refractivity contribution >= 4 is 5.91 Å². The minimum Gasteiger partial charge on any atom is -0.396 e. The Morgan fingerprint density at radius 2 is 2.06 bits per heavy atom. The molecule has 0 spiro atoms. The van der Waals surface area contributed by atoms with Crippen LogP contribution in [0.2, 0.25) is 0 Å². The highest BCUT2D eigenvalue weighted by Gasteiger charge is 2.15. The van der Waals surface area contributed by atoms with Crippen LogP contribution in [-0.4, -0.2) is 51.0 Å². The number of aliphatic hydroxyl groups is 1. The van der Waals surface area contributed by atoms with E-state index in [1.54, 1.807) is 7.11 Å². The van der Waals surface area contributed by atoms with Gasteiger partial charge in [0.1, 0.15) is 0 Å². The fourth-order valence-electron chi connectivity index (χ4n) is 1.07. The normalized spacial score (nSPS) is 11.5. The first-order valence-corrected chi connectivity index (χ1v) is 5.59. The second-order valence-electron chi connectivity index (χ2n) is 4.59. The van der Waals surface area contributed by atoms with Crippen molar-refractivity contribution in [1.82, 2.24) is 10.6 Å². The number of hydrogen-bond acceptors (Lipinski definition) is 4. The van der Waals surface area contributed by atoms with E-state index in [1.807, 2.05) is 13.8 Å². The summed E-state index contributed by atoms with van der Waals surface area (Å²) >= 11 is 0. The van der Waals surface area contributed by atoms with Crippen LogP contribution in [0.4, 0.5) is 0 Å². The molecule has 5 heteroatoms. The van der Waals surface area contributed by atoms with Gasteiger partial charge in [0.25, 0.3) is 0 Å². The minimum atomic E-state index is -0.132. The fourth-order valence-corrected chi connectivity index (χ4v) is 1.07. The molecule has 0 rings (SSSR count). The van der Waals surface area contributed by atoms with Gasteiger partial charge in [0.05, 0.1) is 6.61 Å². The Bertz CT molecular complexity index is 196. The van der Waals surface area contributed by atoms with E-state index in [0.29, 0.717) is 32.7 Å². The molecule has 3 N–H and O–H groups in total. The van der Waals surface area contributed by atoms with Crippen molar-refractivity contribution in [3.63, 3.8) is 0 Å². The Hall–Kier alpha value is -0.650. The van der Waals surface area contributed by atoms with E-state index in [2.05, 4.69) is 10.6 Å². The summed E-state index contributed by atoms with van der Waals surface area (Å²) in [5.41, 5.74) is -0.132. The average molecular weight is 232 g/mol. The number of rotatable bonds is 9. The van der Waals surface area contributed by atoms with Gasteiger partial charge in [-0.2, -0.15) is 0 Å². The Kier molecular flexibility index (Phi) is 8.15. The van der Waals surface area contributed by atoms with Gasteiger partial charge in [-0.3, -0.25) is 4.79 Å². The van der Waals surface area contributed by atoms with Crippen molar-refractivity contribution in [2.75, 3.05) is 40.0 Å². The average Bonchev–Trinajstić information content (AvgIpc) is 2.25. The SMILES string of the molecule is COCCNC(=O)CCNCC(C)(C)CO. The highest BCUT2D eigenvalue weighted by Crippen LogP contribution is 2.10. The fraction of sp³-hybridized carbons (Fsp3) is 0.909. The first kappa shape index (κ1) is 15.3. The number of methoxy groups -OCH3 is 1. The Morgan fingerprint density at radius 3 is 2.62 bits per heavy atom. The topological polar surface area (TPSA) is 70.6 Å². The predicted octanol–water partition coefficient (Wildman–Crippen LogP) is -0.253. The predicted molar refractivity (Wildman–Crippen MR) is 63.2 cm³/mol. The van der Waals surface area contributed by atoms with Crippen molar-refractivity contribution < 1.29 is 14.6 Å². The number of amides is 1. The highest BCUT2D eigenvalue weighted by molar-refractivity contribution is 5.75. The third-order valence-electron chi connectivity index (χ3n) is 2.19. The lowest BCUT2D eigenvalue weighted by Crippen LogP contribution is -2.35. The number of ether oxygens (including phenoxy) is 1. The van der Waals surface area contributed by atoms with Gasteiger partial charge >= 0.3 is 0 Å². The lowest BCUT2D eigenvalue weighted by Gasteiger charge is -2.21. The van der Waals surface area contributed by atoms with Crippen LogP contribution in [0.3, 0.4) is 0 Å². The van der Waals surface area contributed by atoms with Gasteiger partial charge in [-0.15, -0.1) is 0 Å². The van der Waals surface area contributed by atoms with E-state index in [1.165, 1.54) is 0 Å². The van der Waals surface area contributed by atoms with Gasteiger partial charge < -0.3 is 20.5 Å². The Balaban J connectivity index is 3.41. The molecule has 0 aromatic carbocycles. The number of carbonyl (C=O) groups excluding carboxylic acids is 1. The third kappa shape index (κ3) is 8.64. The van der Waals surface area contributed by atoms with Crippen molar-refractivity contribution in [3.8, 4) is 0 Å². The molecule has 1 amide bonds. The number of nitrogens with one attached hydrogen (secondary N) is 2. The molecule has 0 aliphatic heterocycles. The molecular formula is C11H24N2O3. The molecule has 0 aliphatic carbocycles. The maximum atomic E-state index is 11.3. The van der Waals surface area contributed by atoms with Crippen molar-refractivity contribution in [2.24, 2.45) is 5.41 Å². The molecule has 0 saturated heterocycles. The molecule has 0 unspecified atom stereocenters. The maximum Gasteiger partial charge on any atom is 0.221 e. The zero-order valence-corrected chi connectivity index (χ0v) is 10.5. The van der Waals surface area contributed by atoms with E-state index in [0.717, 1.165) is 0 Å². The summed E-state index contributed by atoms with van der Waals surface area (Å²) in [4.78, 5) is 11.3. The molecule has 16 heavy (non-hydrogen) atoms. The molecule has 96 valence electrons. The summed E-state index contributed by atoms with van der Waals surface area (Å²) in [6.45, 7) is 6.50. The van der Waals surface area contributed by atoms with Gasteiger partial charge in [0.2, 0.25) is 5.91 Å². The molecule has 0 radical (unpaired) electrons. The zero-order chi connectivity index (χ0) is 12.4. The number of hydrogen-bond donors (Lipinski definition) is 3. The van der Waals surface area contributed by atoms with Gasteiger partial charge in [-0.05, 0) is 0 Å². The molecule has 0 bridgehead atoms. The third-order valence-corrected chi connectivity index (χ3v) is 2.19. The molecule has 0 aromatic heterocycles. The summed E-state index contributed by atoms with van der Waals surface area (Å²) in [7, 11) is 1.60. The van der Waals surface area contributed by atoms with Crippen LogP contribution in [0.15, 0.2) is 0 Å². The maximum absolute atomic E-state index is 11.3. The largest absolute Gasteiger partial charge is 0.396 e. The standard InChI is InChI=1S/C11H24N2O3/c1-11(2,9-14)8-12-5-4-10(15)13-6-7-16-3/h12,14H,4-9H2,1-3H3,(H,13,15). The summed E-state index contributed by atoms with van der Waals surface area (Å²) in [6.07, 6.45) is 0.450. The smallest absolute Gasteiger partial charge is 0.221 e. The van der Waals surface area contributed by atoms with Crippen LogP contribution in [0.1, 0.15) is 20.3 Å². The summed E-state index contributed by atoms with van der Waals surface area (Å²) in [5, 5.41) is 14.9. The summed E-state index contributed by atoms with van der Waals surface area (Å²) < 4.78 is 4.82. The summed E-state index contributed by atoms with van der Waals surface area (Å²) in [5.74, 6) is 0.0198. The van der Waals surface area contributed by atoms with E-state index < -0.39 is 0 Å². The van der Waals surface area contributed by atoms with Crippen LogP contribution in [-0.2, 0) is 9.53 Å². The van der Waals surface area contributed by atoms with Gasteiger partial charge in [0, 0.05) is 45.2 Å². The van der Waals surface area contributed by atoms with Crippen LogP contribution in [0, 0.1) is 5.41 Å². The van der Waals surface area contributed by atoms with E-state index in [9.17, 15) is 4.79 Å². The van der Waals surface area contributed by atoms with Crippen molar-refractivity contribution in [2.45, 2.75) is 20.3 Å². The van der Waals surface area contributed by atoms with Crippen molar-refractivity contribution in [1.29, 1.82) is 0 Å². The Morgan fingerprint density at radius 1 is 1.38 bits per heavy atom. The Labute approximate surface area is 97.6 Å². The number of aliphatic hydroxyl groups excluding tert-OH is 1. The molecule has 0 aromatic rings. The van der Waals surface area contributed by atoms with E-state index >= 15 is 0 Å². The monoisotopic (exact) mass is 232 g/mol. The van der Waals surface area contributed by atoms with Crippen molar-refractivity contribution in [3.05, 3.63) is 0 Å². The molecular weight excluding hydrogens is 208 g/mol. The molecule has 0 saturated carbocycles. The number of carbonyl (C=O) groups is 1. The summed E-state index contributed by atoms with van der Waals surface area (Å²) in [6, 6.07) is 0. The van der Waals surface area contributed by atoms with E-state index in [-0.39, 0.29) is 17.9 Å². The quantitative estimate of drug-likeness (QED) is 0.479. The van der Waals surface area contributed by atoms with Crippen LogP contribution in [0.25, 0.3) is 0 Å². The second-order valence-corrected chi connectivity index (χ2v) is 4.59. The molecule has 0 heterocycles. The lowest BCUT2D eigenvalue weighted by molar-refractivity contribution is -0.121. The second kappa shape index (κ2) is 8.50. The van der Waals surface area contributed by atoms with E-state index in [4.69, 9.17) is 9.84 Å². The van der Waals surface area contributed by atoms with Gasteiger partial charge in [0.15, 0.2) is 0 Å². The zero-order valence-electron chi connectivity index (χ0n) is 10.5. The van der Waals surface area contributed by atoms with Crippen LogP contribution < -0.4 is 10.6 Å². The lowest BCUT2D eigenvalue weighted by atomic mass is 9.95. The molecule has 0 fully saturated rings. The van der Waals surface area contributed by atoms with Crippen LogP contribution in [0.5, 0.6) is 0 Å². The molecule has 5 nitrogen and oxygen atoms in total.